The molecule has 4 heterocycles. The summed E-state index contributed by atoms with van der Waals surface area (Å²) in [5.74, 6) is -2.73. The number of benzene rings is 3. The minimum Gasteiger partial charge on any atom is -0.493 e. The van der Waals surface area contributed by atoms with Gasteiger partial charge < -0.3 is 39.8 Å². The number of carbonyl (C=O) groups excluding carboxylic acids is 3. The number of aliphatic hydroxyl groups is 1. The van der Waals surface area contributed by atoms with E-state index in [9.17, 15) is 19.5 Å². The van der Waals surface area contributed by atoms with Gasteiger partial charge in [0.2, 0.25) is 17.7 Å². The number of aryl methyl sites for hydroxylation is 1. The molecule has 5 aromatic rings. The number of thiazole rings is 1. The smallest absolute Gasteiger partial charge is 0.246 e. The van der Waals surface area contributed by atoms with Gasteiger partial charge >= 0.3 is 0 Å². The molecule has 0 bridgehead atoms. The zero-order valence-electron chi connectivity index (χ0n) is 42.8. The van der Waals surface area contributed by atoms with Crippen LogP contribution in [0.25, 0.3) is 21.3 Å². The number of aromatic nitrogens is 2. The minimum atomic E-state index is -1.59. The molecule has 13 nitrogen and oxygen atoms in total. The molecule has 3 aromatic carbocycles. The number of likely N-dealkylation sites (tertiary alicyclic amines) is 1. The van der Waals surface area contributed by atoms with E-state index < -0.39 is 58.8 Å². The molecule has 72 heavy (non-hydrogen) atoms. The van der Waals surface area contributed by atoms with Gasteiger partial charge in [-0.05, 0) is 94.9 Å². The molecule has 1 fully saturated rings. The summed E-state index contributed by atoms with van der Waals surface area (Å²) in [6.45, 7) is 15.3. The van der Waals surface area contributed by atoms with Gasteiger partial charge in [0.15, 0.2) is 0 Å². The Balaban J connectivity index is 0.799. The van der Waals surface area contributed by atoms with E-state index in [0.29, 0.717) is 38.2 Å². The van der Waals surface area contributed by atoms with Crippen molar-refractivity contribution in [2.24, 2.45) is 5.41 Å². The number of alkyl halides is 1. The van der Waals surface area contributed by atoms with Gasteiger partial charge in [-0.2, -0.15) is 0 Å². The van der Waals surface area contributed by atoms with Crippen LogP contribution in [0.2, 0.25) is 0 Å². The van der Waals surface area contributed by atoms with Crippen LogP contribution in [0.4, 0.5) is 13.2 Å². The summed E-state index contributed by atoms with van der Waals surface area (Å²) in [6.07, 6.45) is 2.47. The topological polar surface area (TPSA) is 158 Å². The van der Waals surface area contributed by atoms with Gasteiger partial charge in [-0.25, -0.2) is 18.2 Å². The molecule has 6 atom stereocenters. The van der Waals surface area contributed by atoms with E-state index in [1.54, 1.807) is 11.3 Å². The van der Waals surface area contributed by atoms with E-state index in [0.717, 1.165) is 51.0 Å². The monoisotopic (exact) mass is 1020 g/mol. The number of aliphatic hydroxyl groups excluding tert-OH is 1. The number of para-hydroxylation sites is 1. The summed E-state index contributed by atoms with van der Waals surface area (Å²) < 4.78 is 64.4. The average Bonchev–Trinajstić information content (AvgIpc) is 4.04. The maximum Gasteiger partial charge on any atom is 0.246 e. The van der Waals surface area contributed by atoms with Crippen LogP contribution in [0.15, 0.2) is 66.2 Å². The highest BCUT2D eigenvalue weighted by Gasteiger charge is 2.45. The van der Waals surface area contributed by atoms with Crippen LogP contribution >= 0.6 is 11.3 Å². The molecule has 3 amide bonds. The van der Waals surface area contributed by atoms with Crippen molar-refractivity contribution in [3.8, 4) is 16.2 Å². The van der Waals surface area contributed by atoms with Gasteiger partial charge in [-0.15, -0.1) is 11.3 Å². The Kier molecular flexibility index (Phi) is 17.9. The molecule has 7 rings (SSSR count). The van der Waals surface area contributed by atoms with Crippen molar-refractivity contribution in [1.82, 2.24) is 30.4 Å². The van der Waals surface area contributed by atoms with Gasteiger partial charge in [-0.1, -0.05) is 63.2 Å². The zero-order valence-corrected chi connectivity index (χ0v) is 43.6. The van der Waals surface area contributed by atoms with Crippen molar-refractivity contribution < 1.29 is 46.9 Å². The second-order valence-corrected chi connectivity index (χ2v) is 21.9. The Morgan fingerprint density at radius 2 is 1.61 bits per heavy atom. The maximum atomic E-state index is 16.0. The summed E-state index contributed by atoms with van der Waals surface area (Å²) in [4.78, 5) is 52.8. The molecule has 0 aliphatic carbocycles. The minimum absolute atomic E-state index is 0.00411. The number of halogens is 3. The number of hydrogen-bond donors (Lipinski definition) is 4. The number of hydrogen-bond acceptors (Lipinski definition) is 10. The predicted molar refractivity (Wildman–Crippen MR) is 274 cm³/mol. The molecule has 4 N–H and O–H groups in total. The third-order valence-corrected chi connectivity index (χ3v) is 14.5. The number of nitrogens with zero attached hydrogens (tertiary/aromatic N) is 3. The fraction of sp³-hybridized carbons (Fsp3) is 0.527. The van der Waals surface area contributed by atoms with Crippen LogP contribution in [0.1, 0.15) is 121 Å². The molecule has 2 aliphatic rings. The fourth-order valence-electron chi connectivity index (χ4n) is 9.83. The average molecular weight is 1020 g/mol. The molecule has 0 radical (unpaired) electrons. The molecule has 0 spiro atoms. The Morgan fingerprint density at radius 1 is 0.931 bits per heavy atom. The van der Waals surface area contributed by atoms with E-state index in [2.05, 4.69) is 20.6 Å². The lowest BCUT2D eigenvalue weighted by Gasteiger charge is -2.43. The second-order valence-electron chi connectivity index (χ2n) is 21.0. The van der Waals surface area contributed by atoms with Crippen molar-refractivity contribution in [2.45, 2.75) is 136 Å². The lowest BCUT2D eigenvalue weighted by atomic mass is 9.85. The number of β-amino-alcohol motifs (C(OH)–C–C–N with tert-alkyl or cyclic N) is 1. The molecule has 0 saturated carbocycles. The van der Waals surface area contributed by atoms with Gasteiger partial charge in [0, 0.05) is 79.7 Å². The summed E-state index contributed by atoms with van der Waals surface area (Å²) >= 11 is 1.57. The van der Waals surface area contributed by atoms with Gasteiger partial charge in [0.05, 0.1) is 40.9 Å². The zero-order chi connectivity index (χ0) is 51.9. The van der Waals surface area contributed by atoms with Crippen LogP contribution in [-0.2, 0) is 30.3 Å². The molecule has 1 saturated heterocycles. The Bertz CT molecular complexity index is 2620. The van der Waals surface area contributed by atoms with E-state index in [-0.39, 0.29) is 68.6 Å². The van der Waals surface area contributed by atoms with Crippen LogP contribution in [-0.4, -0.2) is 119 Å². The lowest BCUT2D eigenvalue weighted by Crippen LogP contribution is -2.58. The van der Waals surface area contributed by atoms with Crippen molar-refractivity contribution in [1.29, 1.82) is 0 Å². The van der Waals surface area contributed by atoms with Crippen LogP contribution in [0.5, 0.6) is 5.75 Å². The largest absolute Gasteiger partial charge is 0.493 e. The Morgan fingerprint density at radius 3 is 2.29 bits per heavy atom. The first kappa shape index (κ1) is 54.4. The number of carbonyl (C=O) groups is 3. The van der Waals surface area contributed by atoms with Crippen molar-refractivity contribution in [3.63, 3.8) is 0 Å². The van der Waals surface area contributed by atoms with Crippen molar-refractivity contribution in [3.05, 3.63) is 106 Å². The summed E-state index contributed by atoms with van der Waals surface area (Å²) in [5.41, 5.74) is 4.77. The second kappa shape index (κ2) is 23.7. The molecule has 2 unspecified atom stereocenters. The van der Waals surface area contributed by atoms with Gasteiger partial charge in [0.25, 0.3) is 0 Å². The molecule has 2 aliphatic heterocycles. The van der Waals surface area contributed by atoms with E-state index in [1.165, 1.54) is 30.9 Å². The first-order valence-electron chi connectivity index (χ1n) is 25.1. The van der Waals surface area contributed by atoms with E-state index in [4.69, 9.17) is 14.2 Å². The molecule has 2 aromatic heterocycles. The number of nitrogens with one attached hydrogen (secondary N) is 3. The van der Waals surface area contributed by atoms with Gasteiger partial charge in [0.1, 0.15) is 41.7 Å². The number of aromatic amines is 1. The fourth-order valence-corrected chi connectivity index (χ4v) is 10.6. The van der Waals surface area contributed by atoms with Crippen LogP contribution in [0, 0.1) is 24.0 Å². The normalized spacial score (nSPS) is 19.3. The molecule has 390 valence electrons. The van der Waals surface area contributed by atoms with Crippen LogP contribution < -0.4 is 15.4 Å². The highest BCUT2D eigenvalue weighted by Crippen LogP contribution is 2.44. The molecular weight excluding hydrogens is 946 g/mol. The number of amides is 3. The third-order valence-electron chi connectivity index (χ3n) is 13.5. The predicted octanol–water partition coefficient (Wildman–Crippen LogP) is 9.30. The Hall–Kier alpha value is -5.33. The highest BCUT2D eigenvalue weighted by molar-refractivity contribution is 7.13. The molecule has 17 heteroatoms. The Labute approximate surface area is 425 Å². The summed E-state index contributed by atoms with van der Waals surface area (Å²) in [5, 5.41) is 17.5. The van der Waals surface area contributed by atoms with Crippen molar-refractivity contribution in [2.75, 3.05) is 46.1 Å². The summed E-state index contributed by atoms with van der Waals surface area (Å²) in [7, 11) is 0. The van der Waals surface area contributed by atoms with Crippen molar-refractivity contribution >= 4 is 40.0 Å². The van der Waals surface area contributed by atoms with E-state index in [1.807, 2.05) is 100 Å². The summed E-state index contributed by atoms with van der Waals surface area (Å²) in [6, 6.07) is 14.8. The van der Waals surface area contributed by atoms with Crippen LogP contribution in [0.3, 0.4) is 0 Å². The number of rotatable bonds is 22. The van der Waals surface area contributed by atoms with E-state index >= 15 is 13.2 Å². The SMILES string of the molecule is Cc1ncsc1-c1ccc(C(C)NC(=O)[C@@H]2C[C@@H](O)CN2C(=O)C(NC(=O)COCCCOCCCCCOc2cc(F)c([C@@H]3c4[nH]c5ccccc5c4C[C@@H](C)N3CC(C)(C)F)c(F)c2)C(C)(C)C)cc1. The number of unbranched alkanes of at least 4 members (excludes halogenated alkanes) is 2. The standard InChI is InChI=1S/C55H71F3N6O7S/c1-33-25-41-40-15-10-11-16-44(40)61-48(41)49(64(33)31-55(7,8)58)47-42(56)27-39(28-43(47)57)71-24-13-9-12-21-69-22-14-23-70-30-46(66)62-51(54(4,5)6)53(68)63-29-38(65)26-45(63)52(67)60-34(2)36-17-19-37(20-18-36)50-35(3)59-32-72-50/h10-11,15-20,27-28,32-34,38,45,49,51,61,65H,9,12-14,21-26,29-31H2,1-8H3,(H,60,67)(H,62,66)/t33-,34?,38-,45+,49-,51?/m1/s1. The third kappa shape index (κ3) is 13.4. The number of ether oxygens (including phenoxy) is 3. The molecular formula is C55H71F3N6O7S. The quantitative estimate of drug-likeness (QED) is 0.0496. The van der Waals surface area contributed by atoms with Gasteiger partial charge in [-0.3, -0.25) is 19.3 Å². The highest BCUT2D eigenvalue weighted by atomic mass is 32.1. The lowest BCUT2D eigenvalue weighted by molar-refractivity contribution is -0.144. The first-order valence-corrected chi connectivity index (χ1v) is 26.0. The number of fused-ring (bicyclic) bond motifs is 3. The maximum absolute atomic E-state index is 16.0. The first-order chi connectivity index (χ1) is 34.2. The number of H-pyrrole nitrogens is 1.